The molecule has 0 radical (unpaired) electrons. The van der Waals surface area contributed by atoms with Gasteiger partial charge in [0.05, 0.1) is 18.8 Å². The van der Waals surface area contributed by atoms with Crippen LogP contribution in [-0.2, 0) is 46.4 Å². The zero-order valence-electron chi connectivity index (χ0n) is 27.1. The topological polar surface area (TPSA) is 303 Å². The van der Waals surface area contributed by atoms with Gasteiger partial charge in [-0.1, -0.05) is 13.8 Å². The highest BCUT2D eigenvalue weighted by Crippen LogP contribution is 2.09. The molecule has 0 bridgehead atoms. The molecule has 6 atom stereocenters. The molecule has 264 valence electrons. The van der Waals surface area contributed by atoms with E-state index in [2.05, 4.69) is 46.5 Å². The molecule has 0 saturated carbocycles. The van der Waals surface area contributed by atoms with Crippen LogP contribution in [0.25, 0.3) is 0 Å². The Labute approximate surface area is 276 Å². The molecule has 6 amide bonds. The predicted molar refractivity (Wildman–Crippen MR) is 167 cm³/mol. The summed E-state index contributed by atoms with van der Waals surface area (Å²) in [6.45, 7) is 5.96. The van der Waals surface area contributed by atoms with Crippen LogP contribution in [0.4, 0.5) is 0 Å². The van der Waals surface area contributed by atoms with E-state index in [9.17, 15) is 43.8 Å². The second kappa shape index (κ2) is 18.7. The number of aromatic amines is 2. The van der Waals surface area contributed by atoms with E-state index < -0.39 is 84.1 Å². The molecule has 19 heteroatoms. The molecule has 48 heavy (non-hydrogen) atoms. The Morgan fingerprint density at radius 2 is 1.25 bits per heavy atom. The summed E-state index contributed by atoms with van der Waals surface area (Å²) in [5.74, 6) is -6.33. The van der Waals surface area contributed by atoms with E-state index in [4.69, 9.17) is 5.73 Å². The maximum absolute atomic E-state index is 13.5. The molecular weight excluding hydrogens is 632 g/mol. The van der Waals surface area contributed by atoms with Crippen molar-refractivity contribution in [2.24, 2.45) is 11.7 Å². The van der Waals surface area contributed by atoms with Gasteiger partial charge >= 0.3 is 5.97 Å². The molecule has 2 heterocycles. The molecule has 0 aromatic carbocycles. The molecule has 0 fully saturated rings. The van der Waals surface area contributed by atoms with Gasteiger partial charge in [-0.25, -0.2) is 9.97 Å². The van der Waals surface area contributed by atoms with Crippen LogP contribution in [0.1, 0.15) is 58.3 Å². The summed E-state index contributed by atoms with van der Waals surface area (Å²) in [7, 11) is 0. The minimum atomic E-state index is -1.57. The zero-order chi connectivity index (χ0) is 36.0. The van der Waals surface area contributed by atoms with E-state index in [1.807, 2.05) is 0 Å². The summed E-state index contributed by atoms with van der Waals surface area (Å²) >= 11 is 0. The lowest BCUT2D eigenvalue weighted by atomic mass is 10.0. The molecule has 2 aromatic heterocycles. The number of aliphatic hydroxyl groups excluding tert-OH is 1. The number of aliphatic carboxylic acids is 1. The van der Waals surface area contributed by atoms with Gasteiger partial charge in [0.15, 0.2) is 0 Å². The number of nitrogens with zero attached hydrogens (tertiary/aromatic N) is 2. The third-order valence-electron chi connectivity index (χ3n) is 6.99. The SMILES string of the molecule is CC(=O)N[C@@H](Cc1cnc[nH]1)C(=O)N[C@@H](CCC(=O)O)C(=O)N[C@@H](CC(C)C)C(=O)N[C@H](C(=O)N[C@@H](Cc1cnc[nH]1)C(N)=O)[C@@H](C)O. The van der Waals surface area contributed by atoms with Gasteiger partial charge in [-0.3, -0.25) is 33.6 Å². The van der Waals surface area contributed by atoms with E-state index >= 15 is 0 Å². The molecule has 0 unspecified atom stereocenters. The third-order valence-corrected chi connectivity index (χ3v) is 6.99. The van der Waals surface area contributed by atoms with Crippen molar-refractivity contribution in [3.05, 3.63) is 36.4 Å². The average Bonchev–Trinajstić information content (AvgIpc) is 3.70. The molecule has 2 aromatic rings. The third kappa shape index (κ3) is 13.2. The van der Waals surface area contributed by atoms with Crippen molar-refractivity contribution >= 4 is 41.4 Å². The predicted octanol–water partition coefficient (Wildman–Crippen LogP) is -2.86. The van der Waals surface area contributed by atoms with Crippen LogP contribution in [-0.4, -0.2) is 108 Å². The van der Waals surface area contributed by atoms with E-state index in [1.165, 1.54) is 38.9 Å². The lowest BCUT2D eigenvalue weighted by Gasteiger charge is -2.28. The monoisotopic (exact) mass is 676 g/mol. The van der Waals surface area contributed by atoms with Crippen molar-refractivity contribution < 1.29 is 43.8 Å². The Morgan fingerprint density at radius 1 is 0.750 bits per heavy atom. The number of primary amides is 1. The second-order valence-electron chi connectivity index (χ2n) is 11.7. The number of nitrogens with two attached hydrogens (primary N) is 1. The summed E-state index contributed by atoms with van der Waals surface area (Å²) in [6, 6.07) is -6.68. The number of nitrogens with one attached hydrogen (secondary N) is 7. The number of carboxylic acids is 1. The van der Waals surface area contributed by atoms with E-state index in [0.717, 1.165) is 0 Å². The summed E-state index contributed by atoms with van der Waals surface area (Å²) in [5.41, 5.74) is 6.44. The minimum Gasteiger partial charge on any atom is -0.481 e. The lowest BCUT2D eigenvalue weighted by Crippen LogP contribution is -2.61. The number of H-pyrrole nitrogens is 2. The summed E-state index contributed by atoms with van der Waals surface area (Å²) in [6.07, 6.45) is 3.29. The van der Waals surface area contributed by atoms with Crippen molar-refractivity contribution in [2.75, 3.05) is 0 Å². The maximum Gasteiger partial charge on any atom is 0.303 e. The Balaban J connectivity index is 2.23. The van der Waals surface area contributed by atoms with Crippen LogP contribution in [0.3, 0.4) is 0 Å². The molecule has 0 saturated heterocycles. The van der Waals surface area contributed by atoms with Crippen LogP contribution in [0.2, 0.25) is 0 Å². The standard InChI is InChI=1S/C29H44N10O9/c1-14(2)7-21(28(47)39-24(15(3)40)29(48)37-20(25(30)44)8-17-10-31-12-33-17)38-26(45)19(5-6-23(42)43)36-27(46)22(35-16(4)41)9-18-11-32-13-34-18/h10-15,19-22,24,40H,5-9H2,1-4H3,(H2,30,44)(H,31,33)(H,32,34)(H,35,41)(H,36,46)(H,37,48)(H,38,45)(H,39,47)(H,42,43)/t15-,19+,20+,21+,22+,24+/m1/s1. The first-order valence-electron chi connectivity index (χ1n) is 15.2. The molecule has 0 spiro atoms. The molecule has 11 N–H and O–H groups in total. The summed E-state index contributed by atoms with van der Waals surface area (Å²) < 4.78 is 0. The van der Waals surface area contributed by atoms with Gasteiger partial charge in [-0.2, -0.15) is 0 Å². The number of hydrogen-bond acceptors (Lipinski definition) is 10. The summed E-state index contributed by atoms with van der Waals surface area (Å²) in [5, 5.41) is 31.9. The molecule has 2 rings (SSSR count). The highest BCUT2D eigenvalue weighted by molar-refractivity contribution is 5.96. The van der Waals surface area contributed by atoms with Gasteiger partial charge in [0.25, 0.3) is 0 Å². The normalized spacial score (nSPS) is 14.8. The number of aromatic nitrogens is 4. The number of carboxylic acid groups (broad SMARTS) is 1. The van der Waals surface area contributed by atoms with E-state index in [1.54, 1.807) is 13.8 Å². The molecule has 19 nitrogen and oxygen atoms in total. The van der Waals surface area contributed by atoms with Crippen molar-refractivity contribution in [2.45, 2.75) is 96.1 Å². The molecule has 0 aliphatic rings. The Bertz CT molecular complexity index is 1400. The number of aliphatic hydroxyl groups is 1. The van der Waals surface area contributed by atoms with Gasteiger partial charge in [-0.05, 0) is 25.7 Å². The van der Waals surface area contributed by atoms with Gasteiger partial charge in [-0.15, -0.1) is 0 Å². The van der Waals surface area contributed by atoms with Crippen molar-refractivity contribution in [3.63, 3.8) is 0 Å². The molecule has 0 aliphatic heterocycles. The fourth-order valence-corrected chi connectivity index (χ4v) is 4.61. The molecule has 0 aliphatic carbocycles. The largest absolute Gasteiger partial charge is 0.481 e. The van der Waals surface area contributed by atoms with Gasteiger partial charge in [0, 0.05) is 50.0 Å². The highest BCUT2D eigenvalue weighted by atomic mass is 16.4. The fraction of sp³-hybridized carbons (Fsp3) is 0.552. The van der Waals surface area contributed by atoms with Crippen LogP contribution >= 0.6 is 0 Å². The first-order valence-corrected chi connectivity index (χ1v) is 15.2. The first-order chi connectivity index (χ1) is 22.6. The average molecular weight is 677 g/mol. The van der Waals surface area contributed by atoms with Gasteiger partial charge in [0.2, 0.25) is 35.4 Å². The Morgan fingerprint density at radius 3 is 1.71 bits per heavy atom. The summed E-state index contributed by atoms with van der Waals surface area (Å²) in [4.78, 5) is 102. The van der Waals surface area contributed by atoms with E-state index in [-0.39, 0.29) is 31.6 Å². The minimum absolute atomic E-state index is 0.0155. The molecular formula is C29H44N10O9. The van der Waals surface area contributed by atoms with Crippen molar-refractivity contribution in [1.82, 2.24) is 46.5 Å². The highest BCUT2D eigenvalue weighted by Gasteiger charge is 2.34. The smallest absolute Gasteiger partial charge is 0.303 e. The van der Waals surface area contributed by atoms with Crippen molar-refractivity contribution in [1.29, 1.82) is 0 Å². The van der Waals surface area contributed by atoms with Crippen molar-refractivity contribution in [3.8, 4) is 0 Å². The quantitative estimate of drug-likeness (QED) is 0.0680. The number of amides is 6. The zero-order valence-corrected chi connectivity index (χ0v) is 27.1. The number of imidazole rings is 2. The second-order valence-corrected chi connectivity index (χ2v) is 11.7. The number of hydrogen-bond donors (Lipinski definition) is 10. The van der Waals surface area contributed by atoms with E-state index in [0.29, 0.717) is 11.4 Å². The van der Waals surface area contributed by atoms with Crippen LogP contribution in [0.15, 0.2) is 25.0 Å². The number of rotatable bonds is 20. The van der Waals surface area contributed by atoms with Crippen LogP contribution < -0.4 is 32.3 Å². The lowest BCUT2D eigenvalue weighted by molar-refractivity contribution is -0.138. The maximum atomic E-state index is 13.5. The fourth-order valence-electron chi connectivity index (χ4n) is 4.61. The van der Waals surface area contributed by atoms with Gasteiger partial charge in [0.1, 0.15) is 30.2 Å². The number of carbonyl (C=O) groups excluding carboxylic acids is 6. The first kappa shape index (κ1) is 38.9. The number of carbonyl (C=O) groups is 7. The van der Waals surface area contributed by atoms with Crippen LogP contribution in [0, 0.1) is 5.92 Å². The Kier molecular flexibility index (Phi) is 15.2. The van der Waals surface area contributed by atoms with Crippen LogP contribution in [0.5, 0.6) is 0 Å². The Hall–Kier alpha value is -5.33. The van der Waals surface area contributed by atoms with Gasteiger partial charge < -0.3 is 52.5 Å².